The molecule has 31 heavy (non-hydrogen) atoms. The van der Waals surface area contributed by atoms with Crippen LogP contribution in [-0.2, 0) is 13.0 Å². The molecule has 6 atom stereocenters. The molecule has 4 aliphatic rings. The van der Waals surface area contributed by atoms with Crippen molar-refractivity contribution in [2.24, 2.45) is 34.1 Å². The maximum absolute atomic E-state index is 12.5. The summed E-state index contributed by atoms with van der Waals surface area (Å²) in [5.74, 6) is 0.550. The molecule has 1 spiro atoms. The zero-order valence-electron chi connectivity index (χ0n) is 18.7. The summed E-state index contributed by atoms with van der Waals surface area (Å²) in [6.07, 6.45) is 3.58. The summed E-state index contributed by atoms with van der Waals surface area (Å²) in [6, 6.07) is 1.60. The molecule has 0 radical (unpaired) electrons. The minimum absolute atomic E-state index is 0.128. The summed E-state index contributed by atoms with van der Waals surface area (Å²) in [5, 5.41) is 2.72. The highest BCUT2D eigenvalue weighted by atomic mass is 35.5. The SMILES string of the molecule is C[C@H]1CC[C@H]2C(C)(C)C(Cl)C(N)C[C@]23Oc2c(cc(C(N)=O)c4c2CNC4=O)C[C@]13C. The molecule has 2 unspecified atom stereocenters. The fraction of sp³-hybridized carbons (Fsp3) is 0.667. The van der Waals surface area contributed by atoms with Gasteiger partial charge in [0.15, 0.2) is 0 Å². The van der Waals surface area contributed by atoms with Gasteiger partial charge in [-0.2, -0.15) is 0 Å². The number of fused-ring (bicyclic) bond motifs is 3. The van der Waals surface area contributed by atoms with E-state index in [1.807, 2.05) is 0 Å². The molecule has 5 N–H and O–H groups in total. The first-order chi connectivity index (χ1) is 14.4. The summed E-state index contributed by atoms with van der Waals surface area (Å²) >= 11 is 6.87. The Kier molecular flexibility index (Phi) is 4.34. The lowest BCUT2D eigenvalue weighted by Crippen LogP contribution is -2.73. The number of nitrogens with two attached hydrogens (primary N) is 2. The van der Waals surface area contributed by atoms with Gasteiger partial charge in [0.2, 0.25) is 5.91 Å². The lowest BCUT2D eigenvalue weighted by atomic mass is 9.43. The smallest absolute Gasteiger partial charge is 0.252 e. The monoisotopic (exact) mass is 445 g/mol. The first-order valence-electron chi connectivity index (χ1n) is 11.3. The molecule has 2 amide bonds. The van der Waals surface area contributed by atoms with Gasteiger partial charge < -0.3 is 21.5 Å². The van der Waals surface area contributed by atoms with Gasteiger partial charge in [0, 0.05) is 35.9 Å². The zero-order valence-corrected chi connectivity index (χ0v) is 19.4. The van der Waals surface area contributed by atoms with Crippen molar-refractivity contribution in [3.05, 3.63) is 28.3 Å². The molecular formula is C24H32ClN3O3. The zero-order chi connectivity index (χ0) is 22.5. The van der Waals surface area contributed by atoms with Gasteiger partial charge in [-0.3, -0.25) is 9.59 Å². The van der Waals surface area contributed by atoms with Gasteiger partial charge in [-0.15, -0.1) is 11.6 Å². The van der Waals surface area contributed by atoms with Crippen LogP contribution in [0.1, 0.15) is 78.8 Å². The minimum Gasteiger partial charge on any atom is -0.486 e. The Bertz CT molecular complexity index is 1010. The van der Waals surface area contributed by atoms with E-state index in [-0.39, 0.29) is 39.6 Å². The highest BCUT2D eigenvalue weighted by molar-refractivity contribution is 6.21. The second-order valence-corrected chi connectivity index (χ2v) is 11.5. The third-order valence-corrected chi connectivity index (χ3v) is 10.1. The number of carbonyl (C=O) groups excluding carboxylic acids is 2. The third kappa shape index (κ3) is 2.49. The Hall–Kier alpha value is -1.79. The summed E-state index contributed by atoms with van der Waals surface area (Å²) in [6.45, 7) is 9.39. The number of primary amides is 1. The number of hydrogen-bond acceptors (Lipinski definition) is 4. The second kappa shape index (κ2) is 6.38. The standard InChI is InChI=1S/C24H32ClN3O3/c1-11-5-6-16-22(2,3)19(25)15(26)9-24(16)23(11,4)8-12-7-13(20(27)29)17-14(18(12)31-24)10-28-21(17)30/h7,11,15-16,19H,5-6,8-10,26H2,1-4H3,(H2,27,29)(H,28,30)/t11-,15?,16-,19?,23+,24-/m0/s1. The van der Waals surface area contributed by atoms with E-state index in [9.17, 15) is 9.59 Å². The largest absolute Gasteiger partial charge is 0.486 e. The van der Waals surface area contributed by atoms with Gasteiger partial charge in [-0.25, -0.2) is 0 Å². The van der Waals surface area contributed by atoms with Crippen molar-refractivity contribution in [1.29, 1.82) is 0 Å². The fourth-order valence-electron chi connectivity index (χ4n) is 7.38. The molecule has 0 bridgehead atoms. The fourth-order valence-corrected chi connectivity index (χ4v) is 7.62. The molecule has 168 valence electrons. The number of benzene rings is 1. The molecule has 2 fully saturated rings. The van der Waals surface area contributed by atoms with Crippen molar-refractivity contribution < 1.29 is 14.3 Å². The Labute approximate surface area is 188 Å². The van der Waals surface area contributed by atoms with Gasteiger partial charge in [0.1, 0.15) is 11.4 Å². The van der Waals surface area contributed by atoms with Crippen LogP contribution in [0.25, 0.3) is 0 Å². The predicted molar refractivity (Wildman–Crippen MR) is 119 cm³/mol. The summed E-state index contributed by atoms with van der Waals surface area (Å²) in [5.41, 5.74) is 13.8. The van der Waals surface area contributed by atoms with Gasteiger partial charge in [0.05, 0.1) is 16.5 Å². The number of halogens is 1. The lowest BCUT2D eigenvalue weighted by molar-refractivity contribution is -0.212. The maximum atomic E-state index is 12.5. The Balaban J connectivity index is 1.75. The molecule has 2 saturated carbocycles. The minimum atomic E-state index is -0.582. The van der Waals surface area contributed by atoms with E-state index in [4.69, 9.17) is 27.8 Å². The van der Waals surface area contributed by atoms with Crippen LogP contribution < -0.4 is 21.5 Å². The van der Waals surface area contributed by atoms with Crippen LogP contribution in [0.4, 0.5) is 0 Å². The highest BCUT2D eigenvalue weighted by Gasteiger charge is 2.69. The van der Waals surface area contributed by atoms with Gasteiger partial charge in [-0.05, 0) is 42.2 Å². The normalized spacial score (nSPS) is 40.0. The molecule has 1 aromatic carbocycles. The van der Waals surface area contributed by atoms with E-state index in [0.717, 1.165) is 36.1 Å². The van der Waals surface area contributed by atoms with Crippen molar-refractivity contribution in [3.63, 3.8) is 0 Å². The number of nitrogens with one attached hydrogen (secondary N) is 1. The Morgan fingerprint density at radius 2 is 2.00 bits per heavy atom. The highest BCUT2D eigenvalue weighted by Crippen LogP contribution is 2.66. The molecule has 1 aromatic rings. The van der Waals surface area contributed by atoms with Crippen molar-refractivity contribution >= 4 is 23.4 Å². The number of carbonyl (C=O) groups is 2. The molecule has 5 rings (SSSR count). The number of ether oxygens (including phenoxy) is 1. The van der Waals surface area contributed by atoms with Crippen LogP contribution in [0.3, 0.4) is 0 Å². The average molecular weight is 446 g/mol. The molecular weight excluding hydrogens is 414 g/mol. The topological polar surface area (TPSA) is 107 Å². The molecule has 7 heteroatoms. The van der Waals surface area contributed by atoms with E-state index in [1.165, 1.54) is 0 Å². The maximum Gasteiger partial charge on any atom is 0.252 e. The van der Waals surface area contributed by atoms with Crippen LogP contribution in [0.5, 0.6) is 5.75 Å². The van der Waals surface area contributed by atoms with E-state index in [2.05, 4.69) is 33.0 Å². The lowest BCUT2D eigenvalue weighted by Gasteiger charge is -2.68. The van der Waals surface area contributed by atoms with E-state index in [1.54, 1.807) is 6.07 Å². The molecule has 6 nitrogen and oxygen atoms in total. The first-order valence-corrected chi connectivity index (χ1v) is 11.7. The number of amides is 2. The first kappa shape index (κ1) is 21.1. The quantitative estimate of drug-likeness (QED) is 0.577. The van der Waals surface area contributed by atoms with Gasteiger partial charge >= 0.3 is 0 Å². The van der Waals surface area contributed by atoms with E-state index < -0.39 is 11.5 Å². The van der Waals surface area contributed by atoms with Crippen molar-refractivity contribution in [1.82, 2.24) is 5.32 Å². The van der Waals surface area contributed by atoms with E-state index >= 15 is 0 Å². The predicted octanol–water partition coefficient (Wildman–Crippen LogP) is 3.12. The van der Waals surface area contributed by atoms with Crippen molar-refractivity contribution in [2.75, 3.05) is 0 Å². The Morgan fingerprint density at radius 3 is 2.68 bits per heavy atom. The van der Waals surface area contributed by atoms with Crippen LogP contribution in [0, 0.1) is 22.7 Å². The van der Waals surface area contributed by atoms with Crippen LogP contribution in [-0.4, -0.2) is 28.8 Å². The number of hydrogen-bond donors (Lipinski definition) is 3. The Morgan fingerprint density at radius 1 is 1.29 bits per heavy atom. The van der Waals surface area contributed by atoms with Crippen molar-refractivity contribution in [3.8, 4) is 5.75 Å². The van der Waals surface area contributed by atoms with Crippen LogP contribution >= 0.6 is 11.6 Å². The number of rotatable bonds is 1. The van der Waals surface area contributed by atoms with Crippen LogP contribution in [0.2, 0.25) is 0 Å². The third-order valence-electron chi connectivity index (χ3n) is 9.24. The molecule has 2 aliphatic heterocycles. The van der Waals surface area contributed by atoms with Gasteiger partial charge in [0.25, 0.3) is 5.91 Å². The average Bonchev–Trinajstić information content (AvgIpc) is 3.07. The van der Waals surface area contributed by atoms with Gasteiger partial charge in [-0.1, -0.05) is 27.7 Å². The molecule has 2 heterocycles. The summed E-state index contributed by atoms with van der Waals surface area (Å²) in [4.78, 5) is 24.7. The van der Waals surface area contributed by atoms with E-state index in [0.29, 0.717) is 24.4 Å². The molecule has 0 saturated heterocycles. The molecule has 2 aliphatic carbocycles. The van der Waals surface area contributed by atoms with Crippen molar-refractivity contribution in [2.45, 2.75) is 76.9 Å². The summed E-state index contributed by atoms with van der Waals surface area (Å²) < 4.78 is 7.10. The van der Waals surface area contributed by atoms with Crippen LogP contribution in [0.15, 0.2) is 6.07 Å². The molecule has 0 aromatic heterocycles. The second-order valence-electron chi connectivity index (χ2n) is 11.0. The summed E-state index contributed by atoms with van der Waals surface area (Å²) in [7, 11) is 0. The number of alkyl halides is 1.